The van der Waals surface area contributed by atoms with E-state index < -0.39 is 0 Å². The largest absolute Gasteiger partial charge is 0.497 e. The molecule has 2 heterocycles. The molecule has 0 saturated carbocycles. The standard InChI is InChI=1S/C16H19N3O3/c1-21-13-6-4-12(5-7-13)17-16(20)15-10-14(22-18-15)11-19-8-2-3-9-19/h4-7,10H,2-3,8-9,11H2,1H3,(H,17,20). The molecule has 0 aliphatic carbocycles. The van der Waals surface area contributed by atoms with Crippen molar-refractivity contribution in [3.63, 3.8) is 0 Å². The Kier molecular flexibility index (Phi) is 4.39. The third-order valence-electron chi connectivity index (χ3n) is 3.72. The fraction of sp³-hybridized carbons (Fsp3) is 0.375. The molecule has 3 rings (SSSR count). The van der Waals surface area contributed by atoms with Crippen molar-refractivity contribution in [2.24, 2.45) is 0 Å². The molecular weight excluding hydrogens is 282 g/mol. The van der Waals surface area contributed by atoms with Crippen LogP contribution in [-0.4, -0.2) is 36.2 Å². The molecule has 0 bridgehead atoms. The van der Waals surface area contributed by atoms with E-state index in [9.17, 15) is 4.79 Å². The van der Waals surface area contributed by atoms with Gasteiger partial charge in [-0.1, -0.05) is 5.16 Å². The number of carbonyl (C=O) groups is 1. The molecule has 1 aromatic heterocycles. The number of hydrogen-bond acceptors (Lipinski definition) is 5. The van der Waals surface area contributed by atoms with Crippen molar-refractivity contribution in [3.05, 3.63) is 41.8 Å². The highest BCUT2D eigenvalue weighted by Gasteiger charge is 2.17. The number of ether oxygens (including phenoxy) is 1. The van der Waals surface area contributed by atoms with Crippen LogP contribution >= 0.6 is 0 Å². The van der Waals surface area contributed by atoms with Gasteiger partial charge < -0.3 is 14.6 Å². The predicted octanol–water partition coefficient (Wildman–Crippen LogP) is 2.53. The number of methoxy groups -OCH3 is 1. The Morgan fingerprint density at radius 1 is 1.32 bits per heavy atom. The summed E-state index contributed by atoms with van der Waals surface area (Å²) in [6.07, 6.45) is 2.44. The van der Waals surface area contributed by atoms with E-state index in [0.29, 0.717) is 17.9 Å². The highest BCUT2D eigenvalue weighted by atomic mass is 16.5. The van der Waals surface area contributed by atoms with Crippen LogP contribution in [0.15, 0.2) is 34.9 Å². The van der Waals surface area contributed by atoms with E-state index in [-0.39, 0.29) is 5.91 Å². The van der Waals surface area contributed by atoms with Gasteiger partial charge in [-0.3, -0.25) is 9.69 Å². The summed E-state index contributed by atoms with van der Waals surface area (Å²) in [4.78, 5) is 14.4. The summed E-state index contributed by atoms with van der Waals surface area (Å²) in [5.74, 6) is 1.19. The van der Waals surface area contributed by atoms with E-state index >= 15 is 0 Å². The van der Waals surface area contributed by atoms with E-state index in [4.69, 9.17) is 9.26 Å². The number of nitrogens with zero attached hydrogens (tertiary/aromatic N) is 2. The SMILES string of the molecule is COc1ccc(NC(=O)c2cc(CN3CCCC3)on2)cc1. The first-order valence-electron chi connectivity index (χ1n) is 7.38. The van der Waals surface area contributed by atoms with Gasteiger partial charge in [-0.2, -0.15) is 0 Å². The lowest BCUT2D eigenvalue weighted by molar-refractivity contribution is 0.101. The second-order valence-corrected chi connectivity index (χ2v) is 5.34. The van der Waals surface area contributed by atoms with Gasteiger partial charge in [-0.25, -0.2) is 0 Å². The van der Waals surface area contributed by atoms with Crippen LogP contribution in [0.4, 0.5) is 5.69 Å². The number of aromatic nitrogens is 1. The number of hydrogen-bond donors (Lipinski definition) is 1. The topological polar surface area (TPSA) is 67.6 Å². The van der Waals surface area contributed by atoms with Crippen LogP contribution in [-0.2, 0) is 6.54 Å². The fourth-order valence-electron chi connectivity index (χ4n) is 2.53. The highest BCUT2D eigenvalue weighted by Crippen LogP contribution is 2.17. The summed E-state index contributed by atoms with van der Waals surface area (Å²) >= 11 is 0. The minimum absolute atomic E-state index is 0.276. The van der Waals surface area contributed by atoms with Gasteiger partial charge in [0.15, 0.2) is 11.5 Å². The van der Waals surface area contributed by atoms with Crippen LogP contribution in [0.1, 0.15) is 29.1 Å². The van der Waals surface area contributed by atoms with Gasteiger partial charge >= 0.3 is 0 Å². The number of rotatable bonds is 5. The van der Waals surface area contributed by atoms with Crippen molar-refractivity contribution in [1.29, 1.82) is 0 Å². The van der Waals surface area contributed by atoms with Gasteiger partial charge in [0.05, 0.1) is 13.7 Å². The lowest BCUT2D eigenvalue weighted by Gasteiger charge is -2.10. The van der Waals surface area contributed by atoms with Crippen molar-refractivity contribution in [1.82, 2.24) is 10.1 Å². The lowest BCUT2D eigenvalue weighted by atomic mass is 10.3. The summed E-state index contributed by atoms with van der Waals surface area (Å²) in [5.41, 5.74) is 0.986. The first-order valence-corrected chi connectivity index (χ1v) is 7.38. The molecule has 1 aliphatic rings. The summed E-state index contributed by atoms with van der Waals surface area (Å²) in [5, 5.41) is 6.64. The quantitative estimate of drug-likeness (QED) is 0.919. The van der Waals surface area contributed by atoms with E-state index in [2.05, 4.69) is 15.4 Å². The molecule has 1 aliphatic heterocycles. The van der Waals surface area contributed by atoms with Crippen molar-refractivity contribution in [3.8, 4) is 5.75 Å². The predicted molar refractivity (Wildman–Crippen MR) is 82.0 cm³/mol. The molecule has 0 unspecified atom stereocenters. The van der Waals surface area contributed by atoms with Gasteiger partial charge in [0.2, 0.25) is 0 Å². The van der Waals surface area contributed by atoms with E-state index in [1.807, 2.05) is 0 Å². The van der Waals surface area contributed by atoms with Crippen molar-refractivity contribution >= 4 is 11.6 Å². The summed E-state index contributed by atoms with van der Waals surface area (Å²) in [6.45, 7) is 2.87. The Balaban J connectivity index is 1.60. The molecule has 6 heteroatoms. The molecule has 0 spiro atoms. The highest BCUT2D eigenvalue weighted by molar-refractivity contribution is 6.02. The number of amides is 1. The van der Waals surface area contributed by atoms with E-state index in [1.165, 1.54) is 12.8 Å². The third-order valence-corrected chi connectivity index (χ3v) is 3.72. The van der Waals surface area contributed by atoms with Gasteiger partial charge in [0.1, 0.15) is 5.75 Å². The zero-order valence-electron chi connectivity index (χ0n) is 12.5. The number of likely N-dealkylation sites (tertiary alicyclic amines) is 1. The van der Waals surface area contributed by atoms with Gasteiger partial charge in [-0.05, 0) is 50.2 Å². The van der Waals surface area contributed by atoms with Crippen LogP contribution in [0.2, 0.25) is 0 Å². The first-order chi connectivity index (χ1) is 10.7. The second-order valence-electron chi connectivity index (χ2n) is 5.34. The van der Waals surface area contributed by atoms with Crippen molar-refractivity contribution < 1.29 is 14.1 Å². The Bertz CT molecular complexity index is 630. The number of benzene rings is 1. The first kappa shape index (κ1) is 14.6. The van der Waals surface area contributed by atoms with Crippen LogP contribution < -0.4 is 10.1 Å². The van der Waals surface area contributed by atoms with E-state index in [1.54, 1.807) is 37.4 Å². The molecule has 1 aromatic carbocycles. The Morgan fingerprint density at radius 3 is 2.73 bits per heavy atom. The maximum atomic E-state index is 12.1. The average Bonchev–Trinajstić information content (AvgIpc) is 3.20. The van der Waals surface area contributed by atoms with Crippen LogP contribution in [0, 0.1) is 0 Å². The minimum Gasteiger partial charge on any atom is -0.497 e. The molecule has 0 radical (unpaired) electrons. The smallest absolute Gasteiger partial charge is 0.277 e. The van der Waals surface area contributed by atoms with E-state index in [0.717, 1.165) is 24.6 Å². The fourth-order valence-corrected chi connectivity index (χ4v) is 2.53. The molecule has 1 saturated heterocycles. The molecule has 1 N–H and O–H groups in total. The molecule has 2 aromatic rings. The maximum absolute atomic E-state index is 12.1. The molecule has 1 fully saturated rings. The van der Waals surface area contributed by atoms with Crippen LogP contribution in [0.5, 0.6) is 5.75 Å². The van der Waals surface area contributed by atoms with Crippen LogP contribution in [0.25, 0.3) is 0 Å². The second kappa shape index (κ2) is 6.62. The Morgan fingerprint density at radius 2 is 2.05 bits per heavy atom. The molecular formula is C16H19N3O3. The number of nitrogens with one attached hydrogen (secondary N) is 1. The summed E-state index contributed by atoms with van der Waals surface area (Å²) in [7, 11) is 1.60. The molecule has 1 amide bonds. The number of carbonyl (C=O) groups excluding carboxylic acids is 1. The lowest BCUT2D eigenvalue weighted by Crippen LogP contribution is -2.18. The maximum Gasteiger partial charge on any atom is 0.277 e. The third kappa shape index (κ3) is 3.46. The van der Waals surface area contributed by atoms with Gasteiger partial charge in [-0.15, -0.1) is 0 Å². The van der Waals surface area contributed by atoms with Crippen molar-refractivity contribution in [2.45, 2.75) is 19.4 Å². The van der Waals surface area contributed by atoms with Crippen LogP contribution in [0.3, 0.4) is 0 Å². The Hall–Kier alpha value is -2.34. The zero-order valence-corrected chi connectivity index (χ0v) is 12.5. The van der Waals surface area contributed by atoms with Gasteiger partial charge in [0.25, 0.3) is 5.91 Å². The normalized spacial score (nSPS) is 15.0. The molecule has 116 valence electrons. The van der Waals surface area contributed by atoms with Gasteiger partial charge in [0, 0.05) is 11.8 Å². The molecule has 22 heavy (non-hydrogen) atoms. The number of anilines is 1. The molecule has 6 nitrogen and oxygen atoms in total. The summed E-state index contributed by atoms with van der Waals surface area (Å²) in [6, 6.07) is 8.84. The zero-order chi connectivity index (χ0) is 15.4. The average molecular weight is 301 g/mol. The van der Waals surface area contributed by atoms with Crippen molar-refractivity contribution in [2.75, 3.05) is 25.5 Å². The minimum atomic E-state index is -0.276. The summed E-state index contributed by atoms with van der Waals surface area (Å²) < 4.78 is 10.3. The Labute approximate surface area is 129 Å². The molecule has 0 atom stereocenters. The monoisotopic (exact) mass is 301 g/mol.